The summed E-state index contributed by atoms with van der Waals surface area (Å²) >= 11 is 0. The number of nitrogens with one attached hydrogen (secondary N) is 1. The zero-order chi connectivity index (χ0) is 25.7. The maximum absolute atomic E-state index is 13.4. The number of carbonyl (C=O) groups is 3. The number of carbonyl (C=O) groups excluding carboxylic acids is 3. The Labute approximate surface area is 207 Å². The van der Waals surface area contributed by atoms with Gasteiger partial charge in [-0.2, -0.15) is 0 Å². The molecule has 3 aromatic rings. The van der Waals surface area contributed by atoms with Crippen LogP contribution < -0.4 is 15.0 Å². The predicted octanol–water partition coefficient (Wildman–Crippen LogP) is 5.12. The Hall–Kier alpha value is -4.27. The number of hydrogen-bond acceptors (Lipinski definition) is 4. The number of ether oxygens (including phenoxy) is 1. The monoisotopic (exact) mass is 493 g/mol. The van der Waals surface area contributed by atoms with Crippen LogP contribution in [0.15, 0.2) is 72.8 Å². The van der Waals surface area contributed by atoms with Crippen LogP contribution in [0.25, 0.3) is 0 Å². The first-order valence-corrected chi connectivity index (χ1v) is 11.5. The van der Waals surface area contributed by atoms with E-state index in [4.69, 9.17) is 4.74 Å². The molecule has 36 heavy (non-hydrogen) atoms. The summed E-state index contributed by atoms with van der Waals surface area (Å²) in [5.41, 5.74) is 1.30. The zero-order valence-corrected chi connectivity index (χ0v) is 19.6. The molecule has 1 heterocycles. The van der Waals surface area contributed by atoms with Crippen molar-refractivity contribution in [1.29, 1.82) is 0 Å². The Morgan fingerprint density at radius 1 is 0.917 bits per heavy atom. The summed E-state index contributed by atoms with van der Waals surface area (Å²) in [6.45, 7) is 2.57. The van der Waals surface area contributed by atoms with E-state index in [1.807, 2.05) is 6.92 Å². The van der Waals surface area contributed by atoms with Crippen molar-refractivity contribution in [1.82, 2.24) is 4.90 Å². The fourth-order valence-corrected chi connectivity index (χ4v) is 3.87. The number of anilines is 2. The minimum Gasteiger partial charge on any atom is -0.494 e. The molecule has 0 bridgehead atoms. The van der Waals surface area contributed by atoms with Crippen molar-refractivity contribution < 1.29 is 27.9 Å². The molecule has 1 saturated heterocycles. The molecule has 1 aliphatic heterocycles. The third kappa shape index (κ3) is 5.68. The standard InChI is InChI=1S/C27H25F2N3O4/c1-2-15-36-23-13-9-21(10-14-23)30-25(33)16-24-26(34)32(22-11-7-20(29)8-12-22)27(35)31(24)17-18-3-5-19(28)6-4-18/h3-14,24H,2,15-17H2,1H3,(H,30,33)/t24-/m1/s1. The predicted molar refractivity (Wildman–Crippen MR) is 130 cm³/mol. The number of hydrogen-bond donors (Lipinski definition) is 1. The summed E-state index contributed by atoms with van der Waals surface area (Å²) in [6, 6.07) is 15.6. The van der Waals surface area contributed by atoms with Crippen LogP contribution in [0.5, 0.6) is 5.75 Å². The molecule has 1 fully saturated rings. The van der Waals surface area contributed by atoms with Gasteiger partial charge < -0.3 is 15.0 Å². The van der Waals surface area contributed by atoms with Crippen molar-refractivity contribution in [3.63, 3.8) is 0 Å². The summed E-state index contributed by atoms with van der Waals surface area (Å²) in [6.07, 6.45) is 0.577. The summed E-state index contributed by atoms with van der Waals surface area (Å²) in [7, 11) is 0. The van der Waals surface area contributed by atoms with Crippen molar-refractivity contribution in [2.24, 2.45) is 0 Å². The zero-order valence-electron chi connectivity index (χ0n) is 19.6. The number of urea groups is 1. The van der Waals surface area contributed by atoms with Crippen LogP contribution in [-0.2, 0) is 16.1 Å². The van der Waals surface area contributed by atoms with Gasteiger partial charge in [-0.05, 0) is 72.6 Å². The van der Waals surface area contributed by atoms with Crippen molar-refractivity contribution in [3.05, 3.63) is 90.0 Å². The second-order valence-electron chi connectivity index (χ2n) is 8.33. The van der Waals surface area contributed by atoms with Gasteiger partial charge >= 0.3 is 6.03 Å². The number of amides is 4. The summed E-state index contributed by atoms with van der Waals surface area (Å²) in [4.78, 5) is 41.6. The molecule has 0 aliphatic carbocycles. The number of rotatable bonds is 9. The Balaban J connectivity index is 1.53. The van der Waals surface area contributed by atoms with Crippen LogP contribution >= 0.6 is 0 Å². The van der Waals surface area contributed by atoms with Crippen molar-refractivity contribution in [2.45, 2.75) is 32.4 Å². The van der Waals surface area contributed by atoms with E-state index in [-0.39, 0.29) is 18.7 Å². The molecule has 1 N–H and O–H groups in total. The van der Waals surface area contributed by atoms with E-state index in [1.165, 1.54) is 41.3 Å². The molecule has 1 aliphatic rings. The number of halogens is 2. The fourth-order valence-electron chi connectivity index (χ4n) is 3.87. The molecule has 4 amide bonds. The maximum atomic E-state index is 13.4. The van der Waals surface area contributed by atoms with E-state index in [0.29, 0.717) is 23.6 Å². The van der Waals surface area contributed by atoms with Crippen LogP contribution in [-0.4, -0.2) is 35.4 Å². The minimum atomic E-state index is -1.10. The average Bonchev–Trinajstić information content (AvgIpc) is 3.09. The van der Waals surface area contributed by atoms with Gasteiger partial charge in [0, 0.05) is 12.2 Å². The number of nitrogens with zero attached hydrogens (tertiary/aromatic N) is 2. The van der Waals surface area contributed by atoms with E-state index in [1.54, 1.807) is 24.3 Å². The minimum absolute atomic E-state index is 0.00996. The summed E-state index contributed by atoms with van der Waals surface area (Å²) in [5.74, 6) is -1.34. The normalized spacial score (nSPS) is 15.4. The van der Waals surface area contributed by atoms with E-state index < -0.39 is 35.5 Å². The maximum Gasteiger partial charge on any atom is 0.332 e. The SMILES string of the molecule is CCCOc1ccc(NC(=O)C[C@@H]2C(=O)N(c3ccc(F)cc3)C(=O)N2Cc2ccc(F)cc2)cc1. The van der Waals surface area contributed by atoms with Gasteiger partial charge in [-0.3, -0.25) is 9.59 Å². The highest BCUT2D eigenvalue weighted by Gasteiger charge is 2.46. The largest absolute Gasteiger partial charge is 0.494 e. The topological polar surface area (TPSA) is 79.0 Å². The molecule has 0 aromatic heterocycles. The molecule has 0 unspecified atom stereocenters. The van der Waals surface area contributed by atoms with Gasteiger partial charge in [0.25, 0.3) is 5.91 Å². The molecular formula is C27H25F2N3O4. The number of imide groups is 1. The lowest BCUT2D eigenvalue weighted by Crippen LogP contribution is -2.37. The fraction of sp³-hybridized carbons (Fsp3) is 0.222. The highest BCUT2D eigenvalue weighted by molar-refractivity contribution is 6.22. The Kier molecular flexibility index (Phi) is 7.58. The highest BCUT2D eigenvalue weighted by Crippen LogP contribution is 2.29. The highest BCUT2D eigenvalue weighted by atomic mass is 19.1. The average molecular weight is 494 g/mol. The first kappa shape index (κ1) is 24.8. The molecule has 3 aromatic carbocycles. The van der Waals surface area contributed by atoms with Gasteiger partial charge in [-0.1, -0.05) is 19.1 Å². The van der Waals surface area contributed by atoms with Crippen molar-refractivity contribution in [3.8, 4) is 5.75 Å². The van der Waals surface area contributed by atoms with Gasteiger partial charge in [0.1, 0.15) is 23.4 Å². The van der Waals surface area contributed by atoms with Gasteiger partial charge in [-0.25, -0.2) is 18.5 Å². The first-order chi connectivity index (χ1) is 17.4. The third-order valence-electron chi connectivity index (χ3n) is 5.66. The molecule has 7 nitrogen and oxygen atoms in total. The molecule has 0 radical (unpaired) electrons. The van der Waals surface area contributed by atoms with Crippen LogP contribution in [0.4, 0.5) is 25.0 Å². The van der Waals surface area contributed by atoms with E-state index in [2.05, 4.69) is 5.32 Å². The lowest BCUT2D eigenvalue weighted by molar-refractivity contribution is -0.124. The van der Waals surface area contributed by atoms with Gasteiger partial charge in [0.15, 0.2) is 0 Å². The van der Waals surface area contributed by atoms with Gasteiger partial charge in [0.05, 0.1) is 18.7 Å². The molecule has 186 valence electrons. The summed E-state index contributed by atoms with van der Waals surface area (Å²) in [5, 5.41) is 2.74. The molecule has 0 saturated carbocycles. The second-order valence-corrected chi connectivity index (χ2v) is 8.33. The second kappa shape index (κ2) is 11.0. The number of benzene rings is 3. The third-order valence-corrected chi connectivity index (χ3v) is 5.66. The summed E-state index contributed by atoms with van der Waals surface area (Å²) < 4.78 is 32.3. The van der Waals surface area contributed by atoms with E-state index >= 15 is 0 Å². The van der Waals surface area contributed by atoms with E-state index in [9.17, 15) is 23.2 Å². The lowest BCUT2D eigenvalue weighted by atomic mass is 10.1. The Morgan fingerprint density at radius 3 is 2.14 bits per heavy atom. The Bertz CT molecular complexity index is 1230. The molecule has 1 atom stereocenters. The Morgan fingerprint density at radius 2 is 1.53 bits per heavy atom. The lowest BCUT2D eigenvalue weighted by Gasteiger charge is -2.21. The smallest absolute Gasteiger partial charge is 0.332 e. The van der Waals surface area contributed by atoms with Crippen LogP contribution in [0.1, 0.15) is 25.3 Å². The van der Waals surface area contributed by atoms with Crippen molar-refractivity contribution >= 4 is 29.2 Å². The van der Waals surface area contributed by atoms with Crippen LogP contribution in [0, 0.1) is 11.6 Å². The molecule has 4 rings (SSSR count). The molecule has 0 spiro atoms. The van der Waals surface area contributed by atoms with Crippen molar-refractivity contribution in [2.75, 3.05) is 16.8 Å². The quantitative estimate of drug-likeness (QED) is 0.420. The first-order valence-electron chi connectivity index (χ1n) is 11.5. The van der Waals surface area contributed by atoms with Gasteiger partial charge in [0.2, 0.25) is 5.91 Å². The molecular weight excluding hydrogens is 468 g/mol. The van der Waals surface area contributed by atoms with Gasteiger partial charge in [-0.15, -0.1) is 0 Å². The molecule has 9 heteroatoms. The van der Waals surface area contributed by atoms with E-state index in [0.717, 1.165) is 23.5 Å². The van der Waals surface area contributed by atoms with Crippen LogP contribution in [0.3, 0.4) is 0 Å². The van der Waals surface area contributed by atoms with Crippen LogP contribution in [0.2, 0.25) is 0 Å².